The summed E-state index contributed by atoms with van der Waals surface area (Å²) in [5.41, 5.74) is 7.57. The molecule has 6 rings (SSSR count). The fraction of sp³-hybridized carbons (Fsp3) is 0.107. The van der Waals surface area contributed by atoms with E-state index >= 15 is 0 Å². The average molecular weight is 549 g/mol. The zero-order valence-electron chi connectivity index (χ0n) is 22.0. The Morgan fingerprint density at radius 1 is 1.02 bits per heavy atom. The summed E-state index contributed by atoms with van der Waals surface area (Å²) in [5.74, 6) is -0.633. The zero-order valence-corrected chi connectivity index (χ0v) is 22.0. The van der Waals surface area contributed by atoms with Crippen LogP contribution in [0.25, 0.3) is 22.2 Å². The maximum atomic E-state index is 14.1. The van der Waals surface area contributed by atoms with Gasteiger partial charge in [-0.15, -0.1) is 5.10 Å². The number of rotatable bonds is 6. The fourth-order valence-electron chi connectivity index (χ4n) is 4.66. The van der Waals surface area contributed by atoms with Crippen LogP contribution >= 0.6 is 0 Å². The molecule has 2 aromatic carbocycles. The fourth-order valence-corrected chi connectivity index (χ4v) is 4.66. The lowest BCUT2D eigenvalue weighted by molar-refractivity contribution is 0.0939. The number of para-hydroxylation sites is 1. The van der Waals surface area contributed by atoms with Gasteiger partial charge in [-0.25, -0.2) is 14.5 Å². The lowest BCUT2D eigenvalue weighted by Gasteiger charge is -2.20. The molecule has 0 aliphatic rings. The molecular formula is C28H24N10O3. The first-order valence-corrected chi connectivity index (χ1v) is 12.6. The van der Waals surface area contributed by atoms with E-state index in [-0.39, 0.29) is 22.6 Å². The minimum absolute atomic E-state index is 0.0225. The largest absolute Gasteiger partial charge is 0.381 e. The van der Waals surface area contributed by atoms with E-state index in [1.54, 1.807) is 81.1 Å². The number of carbonyl (C=O) groups is 2. The number of nitrogens with zero attached hydrogens (tertiary/aromatic N) is 7. The Balaban J connectivity index is 1.45. The van der Waals surface area contributed by atoms with Crippen molar-refractivity contribution >= 4 is 39.9 Å². The van der Waals surface area contributed by atoms with Crippen LogP contribution in [0.4, 0.5) is 11.5 Å². The number of nitrogens with one attached hydrogen (secondary N) is 2. The van der Waals surface area contributed by atoms with Crippen molar-refractivity contribution in [1.29, 1.82) is 0 Å². The summed E-state index contributed by atoms with van der Waals surface area (Å²) in [7, 11) is 1.71. The highest BCUT2D eigenvalue weighted by molar-refractivity contribution is 6.08. The third kappa shape index (κ3) is 4.54. The van der Waals surface area contributed by atoms with Crippen LogP contribution in [0.1, 0.15) is 39.5 Å². The lowest BCUT2D eigenvalue weighted by Crippen LogP contribution is -2.33. The summed E-state index contributed by atoms with van der Waals surface area (Å²) in [6.45, 7) is 1.72. The van der Waals surface area contributed by atoms with Crippen molar-refractivity contribution in [2.75, 3.05) is 11.1 Å². The Bertz CT molecular complexity index is 2010. The van der Waals surface area contributed by atoms with E-state index in [0.29, 0.717) is 28.1 Å². The number of amides is 2. The van der Waals surface area contributed by atoms with Gasteiger partial charge in [0.25, 0.3) is 17.4 Å². The average Bonchev–Trinajstić information content (AvgIpc) is 3.55. The molecule has 0 aliphatic carbocycles. The van der Waals surface area contributed by atoms with Gasteiger partial charge in [0, 0.05) is 25.6 Å². The van der Waals surface area contributed by atoms with Crippen molar-refractivity contribution in [2.45, 2.75) is 13.0 Å². The number of hydrogen-bond acceptors (Lipinski definition) is 8. The summed E-state index contributed by atoms with van der Waals surface area (Å²) in [6, 6.07) is 14.9. The van der Waals surface area contributed by atoms with Gasteiger partial charge in [-0.05, 0) is 37.3 Å². The molecule has 0 fully saturated rings. The van der Waals surface area contributed by atoms with Crippen LogP contribution in [0.5, 0.6) is 0 Å². The van der Waals surface area contributed by atoms with Crippen molar-refractivity contribution in [3.05, 3.63) is 107 Å². The Morgan fingerprint density at radius 2 is 1.83 bits per heavy atom. The van der Waals surface area contributed by atoms with Crippen LogP contribution in [0, 0.1) is 0 Å². The van der Waals surface area contributed by atoms with Gasteiger partial charge in [0.2, 0.25) is 0 Å². The number of aryl methyl sites for hydroxylation is 1. The van der Waals surface area contributed by atoms with E-state index in [4.69, 9.17) is 10.7 Å². The van der Waals surface area contributed by atoms with Gasteiger partial charge in [-0.1, -0.05) is 24.3 Å². The molecule has 0 saturated carbocycles. The van der Waals surface area contributed by atoms with Gasteiger partial charge in [-0.2, -0.15) is 5.10 Å². The molecule has 4 heterocycles. The normalized spacial score (nSPS) is 12.0. The predicted molar refractivity (Wildman–Crippen MR) is 152 cm³/mol. The summed E-state index contributed by atoms with van der Waals surface area (Å²) in [5, 5.41) is 14.1. The van der Waals surface area contributed by atoms with Crippen LogP contribution in [0.3, 0.4) is 0 Å². The Morgan fingerprint density at radius 3 is 2.59 bits per heavy atom. The number of fused-ring (bicyclic) bond motifs is 2. The molecule has 6 aromatic rings. The minimum atomic E-state index is -0.744. The lowest BCUT2D eigenvalue weighted by atomic mass is 10.1. The second-order valence-electron chi connectivity index (χ2n) is 9.35. The molecule has 4 N–H and O–H groups in total. The van der Waals surface area contributed by atoms with E-state index in [1.165, 1.54) is 20.0 Å². The molecule has 0 spiro atoms. The molecule has 13 nitrogen and oxygen atoms in total. The molecule has 0 aliphatic heterocycles. The third-order valence-corrected chi connectivity index (χ3v) is 6.54. The van der Waals surface area contributed by atoms with Crippen LogP contribution in [-0.2, 0) is 7.05 Å². The number of hydrogen-bond donors (Lipinski definition) is 3. The Kier molecular flexibility index (Phi) is 6.22. The second kappa shape index (κ2) is 10.0. The number of aromatic nitrogens is 7. The zero-order chi connectivity index (χ0) is 28.7. The summed E-state index contributed by atoms with van der Waals surface area (Å²) >= 11 is 0. The van der Waals surface area contributed by atoms with E-state index in [9.17, 15) is 14.4 Å². The molecule has 0 bridgehead atoms. The summed E-state index contributed by atoms with van der Waals surface area (Å²) < 4.78 is 4.36. The summed E-state index contributed by atoms with van der Waals surface area (Å²) in [6.07, 6.45) is 6.20. The molecule has 0 unspecified atom stereocenters. The maximum absolute atomic E-state index is 14.1. The topological polar surface area (TPSA) is 167 Å². The first-order valence-electron chi connectivity index (χ1n) is 12.6. The van der Waals surface area contributed by atoms with Crippen LogP contribution in [0.15, 0.2) is 84.2 Å². The van der Waals surface area contributed by atoms with Crippen molar-refractivity contribution in [2.24, 2.45) is 7.05 Å². The highest BCUT2D eigenvalue weighted by atomic mass is 16.2. The quantitative estimate of drug-likeness (QED) is 0.285. The molecule has 204 valence electrons. The maximum Gasteiger partial charge on any atom is 0.268 e. The first-order chi connectivity index (χ1) is 19.8. The number of benzene rings is 2. The van der Waals surface area contributed by atoms with Gasteiger partial charge < -0.3 is 16.4 Å². The van der Waals surface area contributed by atoms with Gasteiger partial charge in [0.15, 0.2) is 11.5 Å². The van der Waals surface area contributed by atoms with E-state index in [1.807, 2.05) is 6.07 Å². The first kappa shape index (κ1) is 25.4. The Hall–Kier alpha value is -5.85. The van der Waals surface area contributed by atoms with E-state index in [0.717, 1.165) is 0 Å². The molecule has 0 saturated heterocycles. The van der Waals surface area contributed by atoms with Crippen LogP contribution < -0.4 is 21.9 Å². The molecule has 41 heavy (non-hydrogen) atoms. The standard InChI is InChI=1S/C28H24N10O3/c1-16(32-27(40)22-23(29)35-37-13-7-12-30-25(22)37)24-33-19-10-6-11-20(34-26(39)17-14-31-36(2)15-17)21(19)28(41)38(24)18-8-4-3-5-9-18/h3-16H,1-2H3,(H2,29,35)(H,32,40)(H,34,39)/t16-/m1/s1. The monoisotopic (exact) mass is 548 g/mol. The molecule has 13 heteroatoms. The highest BCUT2D eigenvalue weighted by Crippen LogP contribution is 2.24. The van der Waals surface area contributed by atoms with E-state index < -0.39 is 23.4 Å². The predicted octanol–water partition coefficient (Wildman–Crippen LogP) is 2.49. The number of nitrogens with two attached hydrogens (primary N) is 1. The second-order valence-corrected chi connectivity index (χ2v) is 9.35. The number of anilines is 2. The SMILES string of the molecule is C[C@@H](NC(=O)c1c(N)nn2cccnc12)c1nc2cccc(NC(=O)c3cnn(C)c3)c2c(=O)n1-c1ccccc1. The van der Waals surface area contributed by atoms with Gasteiger partial charge in [-0.3, -0.25) is 23.6 Å². The third-order valence-electron chi connectivity index (χ3n) is 6.54. The molecule has 4 aromatic heterocycles. The van der Waals surface area contributed by atoms with Crippen molar-refractivity contribution < 1.29 is 9.59 Å². The van der Waals surface area contributed by atoms with Gasteiger partial charge in [0.1, 0.15) is 11.4 Å². The molecule has 2 amide bonds. The van der Waals surface area contributed by atoms with E-state index in [2.05, 4.69) is 25.8 Å². The smallest absolute Gasteiger partial charge is 0.268 e. The number of carbonyl (C=O) groups excluding carboxylic acids is 2. The molecule has 1 atom stereocenters. The van der Waals surface area contributed by atoms with Crippen LogP contribution in [-0.4, -0.2) is 45.7 Å². The highest BCUT2D eigenvalue weighted by Gasteiger charge is 2.25. The van der Waals surface area contributed by atoms with Gasteiger partial charge in [0.05, 0.1) is 40.1 Å². The van der Waals surface area contributed by atoms with Gasteiger partial charge >= 0.3 is 0 Å². The van der Waals surface area contributed by atoms with Crippen molar-refractivity contribution in [3.8, 4) is 5.69 Å². The Labute approximate surface area is 232 Å². The van der Waals surface area contributed by atoms with Crippen molar-refractivity contribution in [1.82, 2.24) is 39.2 Å². The minimum Gasteiger partial charge on any atom is -0.381 e. The van der Waals surface area contributed by atoms with Crippen LogP contribution in [0.2, 0.25) is 0 Å². The molecule has 0 radical (unpaired) electrons. The van der Waals surface area contributed by atoms with Crippen molar-refractivity contribution in [3.63, 3.8) is 0 Å². The number of nitrogen functional groups attached to an aromatic ring is 1. The molecular weight excluding hydrogens is 524 g/mol. The summed E-state index contributed by atoms with van der Waals surface area (Å²) in [4.78, 5) is 49.4.